The minimum absolute atomic E-state index is 0.0320. The number of hydrazine groups is 1. The van der Waals surface area contributed by atoms with Crippen molar-refractivity contribution in [1.82, 2.24) is 10.4 Å². The van der Waals surface area contributed by atoms with Gasteiger partial charge in [-0.05, 0) is 6.07 Å². The molecule has 0 aliphatic carbocycles. The van der Waals surface area contributed by atoms with Gasteiger partial charge >= 0.3 is 0 Å². The molecule has 8 heteroatoms. The predicted molar refractivity (Wildman–Crippen MR) is 72.1 cm³/mol. The highest BCUT2D eigenvalue weighted by atomic mass is 35.5. The molecule has 6 nitrogen and oxygen atoms in total. The van der Waals surface area contributed by atoms with Gasteiger partial charge in [-0.25, -0.2) is 14.8 Å². The molecule has 1 heterocycles. The van der Waals surface area contributed by atoms with E-state index in [-0.39, 0.29) is 23.2 Å². The van der Waals surface area contributed by atoms with Gasteiger partial charge in [-0.2, -0.15) is 0 Å². The molecule has 0 spiro atoms. The maximum absolute atomic E-state index is 13.7. The van der Waals surface area contributed by atoms with Crippen LogP contribution < -0.4 is 15.5 Å². The highest BCUT2D eigenvalue weighted by molar-refractivity contribution is 6.32. The number of halogens is 2. The Morgan fingerprint density at radius 2 is 2.45 bits per heavy atom. The summed E-state index contributed by atoms with van der Waals surface area (Å²) in [4.78, 5) is 11.8. The summed E-state index contributed by atoms with van der Waals surface area (Å²) >= 11 is 5.78. The topological polar surface area (TPSA) is 62.8 Å². The molecule has 2 N–H and O–H groups in total. The van der Waals surface area contributed by atoms with E-state index in [1.807, 2.05) is 0 Å². The molecule has 2 rings (SSSR count). The lowest BCUT2D eigenvalue weighted by molar-refractivity contribution is -0.120. The van der Waals surface area contributed by atoms with E-state index in [0.29, 0.717) is 25.6 Å². The van der Waals surface area contributed by atoms with Crippen LogP contribution in [-0.4, -0.2) is 44.5 Å². The Bertz CT molecular complexity index is 495. The van der Waals surface area contributed by atoms with Gasteiger partial charge in [0.25, 0.3) is 0 Å². The molecule has 1 aliphatic heterocycles. The average molecular weight is 304 g/mol. The molecule has 1 saturated heterocycles. The smallest absolute Gasteiger partial charge is 0.240 e. The number of rotatable bonds is 4. The average Bonchev–Trinajstić information content (AvgIpc) is 2.43. The minimum atomic E-state index is -0.612. The number of carbonyl (C=O) groups excluding carboxylic acids is 1. The number of hydrogen-bond donors (Lipinski definition) is 2. The van der Waals surface area contributed by atoms with E-state index in [0.717, 1.165) is 6.07 Å². The van der Waals surface area contributed by atoms with Crippen LogP contribution in [0.5, 0.6) is 5.75 Å². The number of carbonyl (C=O) groups is 1. The number of benzene rings is 1. The first-order valence-corrected chi connectivity index (χ1v) is 6.37. The van der Waals surface area contributed by atoms with E-state index < -0.39 is 5.82 Å². The van der Waals surface area contributed by atoms with Crippen molar-refractivity contribution in [2.24, 2.45) is 0 Å². The highest BCUT2D eigenvalue weighted by Gasteiger charge is 2.16. The van der Waals surface area contributed by atoms with Crippen molar-refractivity contribution in [3.05, 3.63) is 23.0 Å². The van der Waals surface area contributed by atoms with Crippen LogP contribution in [0.3, 0.4) is 0 Å². The standard InChI is InChI=1S/C12H15ClFN3O3/c1-19-11-5-10(9(14)4-8(11)13)16-12(18)6-17-2-3-20-7-15-17/h4-5,15H,2-3,6-7H2,1H3,(H,16,18). The van der Waals surface area contributed by atoms with Crippen molar-refractivity contribution in [2.75, 3.05) is 38.9 Å². The van der Waals surface area contributed by atoms with Gasteiger partial charge in [0.05, 0.1) is 31.0 Å². The zero-order chi connectivity index (χ0) is 14.5. The van der Waals surface area contributed by atoms with Crippen LogP contribution in [0.25, 0.3) is 0 Å². The maximum atomic E-state index is 13.7. The quantitative estimate of drug-likeness (QED) is 0.876. The van der Waals surface area contributed by atoms with Gasteiger partial charge in [0, 0.05) is 12.6 Å². The molecule has 110 valence electrons. The molecule has 20 heavy (non-hydrogen) atoms. The summed E-state index contributed by atoms with van der Waals surface area (Å²) in [7, 11) is 1.42. The lowest BCUT2D eigenvalue weighted by Gasteiger charge is -2.26. The normalized spacial score (nSPS) is 15.9. The third kappa shape index (κ3) is 3.80. The van der Waals surface area contributed by atoms with Gasteiger partial charge in [-0.1, -0.05) is 11.6 Å². The molecule has 1 fully saturated rings. The first-order chi connectivity index (χ1) is 9.60. The summed E-state index contributed by atoms with van der Waals surface area (Å²) in [5, 5.41) is 4.33. The second-order valence-electron chi connectivity index (χ2n) is 4.15. The van der Waals surface area contributed by atoms with Crippen molar-refractivity contribution < 1.29 is 18.7 Å². The molecule has 0 saturated carbocycles. The summed E-state index contributed by atoms with van der Waals surface area (Å²) in [6.45, 7) is 1.58. The maximum Gasteiger partial charge on any atom is 0.240 e. The lowest BCUT2D eigenvalue weighted by Crippen LogP contribution is -2.49. The van der Waals surface area contributed by atoms with Crippen LogP contribution in [0.4, 0.5) is 10.1 Å². The number of methoxy groups -OCH3 is 1. The number of amides is 1. The summed E-state index contributed by atoms with van der Waals surface area (Å²) in [5.74, 6) is -0.658. The van der Waals surface area contributed by atoms with Crippen molar-refractivity contribution in [3.63, 3.8) is 0 Å². The molecular weight excluding hydrogens is 289 g/mol. The van der Waals surface area contributed by atoms with Gasteiger partial charge in [-0.15, -0.1) is 0 Å². The first kappa shape index (κ1) is 15.0. The fraction of sp³-hybridized carbons (Fsp3) is 0.417. The Labute approximate surface area is 120 Å². The van der Waals surface area contributed by atoms with Crippen LogP contribution in [-0.2, 0) is 9.53 Å². The summed E-state index contributed by atoms with van der Waals surface area (Å²) in [6, 6.07) is 2.45. The molecule has 0 aromatic heterocycles. The van der Waals surface area contributed by atoms with Crippen LogP contribution in [0.1, 0.15) is 0 Å². The molecule has 1 aliphatic rings. The third-order valence-electron chi connectivity index (χ3n) is 2.75. The Balaban J connectivity index is 1.99. The molecule has 0 radical (unpaired) electrons. The Kier molecular flexibility index (Phi) is 5.13. The molecule has 0 bridgehead atoms. The second kappa shape index (κ2) is 6.85. The predicted octanol–water partition coefficient (Wildman–Crippen LogP) is 1.22. The highest BCUT2D eigenvalue weighted by Crippen LogP contribution is 2.30. The minimum Gasteiger partial charge on any atom is -0.495 e. The molecule has 1 aromatic rings. The second-order valence-corrected chi connectivity index (χ2v) is 4.55. The van der Waals surface area contributed by atoms with E-state index in [1.54, 1.807) is 5.01 Å². The Morgan fingerprint density at radius 1 is 1.65 bits per heavy atom. The van der Waals surface area contributed by atoms with Crippen LogP contribution in [0.2, 0.25) is 5.02 Å². The zero-order valence-corrected chi connectivity index (χ0v) is 11.7. The lowest BCUT2D eigenvalue weighted by atomic mass is 10.2. The van der Waals surface area contributed by atoms with Crippen molar-refractivity contribution in [1.29, 1.82) is 0 Å². The molecule has 1 amide bonds. The van der Waals surface area contributed by atoms with Gasteiger partial charge in [0.2, 0.25) is 5.91 Å². The van der Waals surface area contributed by atoms with E-state index in [4.69, 9.17) is 21.1 Å². The molecular formula is C12H15ClFN3O3. The summed E-state index contributed by atoms with van der Waals surface area (Å²) in [5.41, 5.74) is 2.92. The number of anilines is 1. The van der Waals surface area contributed by atoms with Gasteiger partial charge < -0.3 is 14.8 Å². The Hall–Kier alpha value is -1.41. The van der Waals surface area contributed by atoms with E-state index >= 15 is 0 Å². The van der Waals surface area contributed by atoms with Crippen molar-refractivity contribution >= 4 is 23.2 Å². The van der Waals surface area contributed by atoms with Crippen LogP contribution in [0.15, 0.2) is 12.1 Å². The fourth-order valence-electron chi connectivity index (χ4n) is 1.74. The zero-order valence-electron chi connectivity index (χ0n) is 10.9. The van der Waals surface area contributed by atoms with E-state index in [2.05, 4.69) is 10.7 Å². The Morgan fingerprint density at radius 3 is 3.10 bits per heavy atom. The van der Waals surface area contributed by atoms with E-state index in [9.17, 15) is 9.18 Å². The van der Waals surface area contributed by atoms with Crippen LogP contribution in [0, 0.1) is 5.82 Å². The molecule has 1 aromatic carbocycles. The largest absolute Gasteiger partial charge is 0.495 e. The number of nitrogens with one attached hydrogen (secondary N) is 2. The van der Waals surface area contributed by atoms with E-state index in [1.165, 1.54) is 13.2 Å². The number of nitrogens with zero attached hydrogens (tertiary/aromatic N) is 1. The first-order valence-electron chi connectivity index (χ1n) is 5.99. The summed E-state index contributed by atoms with van der Waals surface area (Å²) in [6.07, 6.45) is 0. The third-order valence-corrected chi connectivity index (χ3v) is 3.04. The van der Waals surface area contributed by atoms with Crippen molar-refractivity contribution in [2.45, 2.75) is 0 Å². The number of ether oxygens (including phenoxy) is 2. The SMILES string of the molecule is COc1cc(NC(=O)CN2CCOCN2)c(F)cc1Cl. The number of hydrogen-bond acceptors (Lipinski definition) is 5. The van der Waals surface area contributed by atoms with Gasteiger partial charge in [-0.3, -0.25) is 4.79 Å². The van der Waals surface area contributed by atoms with Crippen LogP contribution >= 0.6 is 11.6 Å². The molecule has 0 unspecified atom stereocenters. The van der Waals surface area contributed by atoms with Gasteiger partial charge in [0.1, 0.15) is 18.3 Å². The van der Waals surface area contributed by atoms with Crippen molar-refractivity contribution in [3.8, 4) is 5.75 Å². The fourth-order valence-corrected chi connectivity index (χ4v) is 1.97. The molecule has 0 atom stereocenters. The monoisotopic (exact) mass is 303 g/mol. The summed E-state index contributed by atoms with van der Waals surface area (Å²) < 4.78 is 23.8. The van der Waals surface area contributed by atoms with Gasteiger partial charge in [0.15, 0.2) is 0 Å².